The standard InChI is InChI=1S/C21H16BrN3O3/c22-12-5-7-13(8-6-12)25-20(27)15-16(21(25)28)18(19(23)26)24-10-9-11-3-1-2-4-14(11)17(15)24/h1-10,15-18H,(H2,23,26)/t15-,16+,17+,18-/m0/s1. The Morgan fingerprint density at radius 2 is 1.64 bits per heavy atom. The summed E-state index contributed by atoms with van der Waals surface area (Å²) in [6.07, 6.45) is 3.68. The van der Waals surface area contributed by atoms with E-state index in [-0.39, 0.29) is 17.9 Å². The topological polar surface area (TPSA) is 83.7 Å². The Balaban J connectivity index is 1.65. The van der Waals surface area contributed by atoms with E-state index in [0.29, 0.717) is 5.69 Å². The van der Waals surface area contributed by atoms with Gasteiger partial charge in [-0.15, -0.1) is 0 Å². The van der Waals surface area contributed by atoms with Gasteiger partial charge in [-0.1, -0.05) is 40.2 Å². The number of amides is 3. The van der Waals surface area contributed by atoms with E-state index in [1.807, 2.05) is 30.3 Å². The molecule has 0 aromatic heterocycles. The van der Waals surface area contributed by atoms with Crippen molar-refractivity contribution in [3.63, 3.8) is 0 Å². The molecule has 3 aliphatic rings. The zero-order valence-electron chi connectivity index (χ0n) is 14.7. The van der Waals surface area contributed by atoms with Crippen molar-refractivity contribution in [2.45, 2.75) is 12.1 Å². The van der Waals surface area contributed by atoms with Crippen molar-refractivity contribution in [3.8, 4) is 0 Å². The van der Waals surface area contributed by atoms with Crippen LogP contribution in [0.5, 0.6) is 0 Å². The molecule has 0 spiro atoms. The van der Waals surface area contributed by atoms with Gasteiger partial charge >= 0.3 is 0 Å². The van der Waals surface area contributed by atoms with Crippen LogP contribution < -0.4 is 10.6 Å². The molecule has 28 heavy (non-hydrogen) atoms. The number of fused-ring (bicyclic) bond motifs is 5. The van der Waals surface area contributed by atoms with E-state index in [9.17, 15) is 14.4 Å². The van der Waals surface area contributed by atoms with Crippen LogP contribution in [0, 0.1) is 11.8 Å². The first-order chi connectivity index (χ1) is 13.5. The average molecular weight is 438 g/mol. The van der Waals surface area contributed by atoms with E-state index >= 15 is 0 Å². The van der Waals surface area contributed by atoms with Gasteiger partial charge in [0.25, 0.3) is 0 Å². The van der Waals surface area contributed by atoms with Crippen LogP contribution in [0.3, 0.4) is 0 Å². The smallest absolute Gasteiger partial charge is 0.240 e. The summed E-state index contributed by atoms with van der Waals surface area (Å²) in [5.41, 5.74) is 8.11. The third-order valence-corrected chi connectivity index (χ3v) is 6.37. The number of carbonyl (C=O) groups excluding carboxylic acids is 3. The lowest BCUT2D eigenvalue weighted by Gasteiger charge is -2.34. The third kappa shape index (κ3) is 2.22. The molecule has 3 aliphatic heterocycles. The van der Waals surface area contributed by atoms with Gasteiger partial charge in [0, 0.05) is 10.7 Å². The van der Waals surface area contributed by atoms with E-state index in [4.69, 9.17) is 5.73 Å². The number of rotatable bonds is 2. The van der Waals surface area contributed by atoms with Crippen molar-refractivity contribution < 1.29 is 14.4 Å². The van der Waals surface area contributed by atoms with Crippen LogP contribution in [-0.4, -0.2) is 28.7 Å². The van der Waals surface area contributed by atoms with Gasteiger partial charge in [0.05, 0.1) is 23.6 Å². The minimum atomic E-state index is -0.850. The lowest BCUT2D eigenvalue weighted by Crippen LogP contribution is -2.46. The summed E-state index contributed by atoms with van der Waals surface area (Å²) in [4.78, 5) is 42.0. The highest BCUT2D eigenvalue weighted by Crippen LogP contribution is 2.52. The molecule has 2 saturated heterocycles. The van der Waals surface area contributed by atoms with Gasteiger partial charge in [0.1, 0.15) is 6.04 Å². The zero-order chi connectivity index (χ0) is 19.6. The maximum atomic E-state index is 13.4. The Bertz CT molecular complexity index is 1050. The molecule has 5 rings (SSSR count). The molecule has 2 aromatic carbocycles. The summed E-state index contributed by atoms with van der Waals surface area (Å²) in [5.74, 6) is -2.71. The van der Waals surface area contributed by atoms with Gasteiger partial charge < -0.3 is 10.6 Å². The quantitative estimate of drug-likeness (QED) is 0.731. The van der Waals surface area contributed by atoms with E-state index < -0.39 is 23.8 Å². The molecule has 2 fully saturated rings. The monoisotopic (exact) mass is 437 g/mol. The molecule has 0 radical (unpaired) electrons. The van der Waals surface area contributed by atoms with Crippen molar-refractivity contribution in [2.75, 3.05) is 4.90 Å². The fourth-order valence-electron chi connectivity index (χ4n) is 4.73. The molecule has 140 valence electrons. The fourth-order valence-corrected chi connectivity index (χ4v) is 4.99. The molecule has 7 heteroatoms. The van der Waals surface area contributed by atoms with Gasteiger partial charge in [0.2, 0.25) is 17.7 Å². The first kappa shape index (κ1) is 17.2. The van der Waals surface area contributed by atoms with Crippen molar-refractivity contribution >= 4 is 45.4 Å². The number of nitrogens with zero attached hydrogens (tertiary/aromatic N) is 2. The molecule has 3 amide bonds. The molecular weight excluding hydrogens is 422 g/mol. The molecule has 2 N–H and O–H groups in total. The van der Waals surface area contributed by atoms with E-state index in [1.54, 1.807) is 35.4 Å². The lowest BCUT2D eigenvalue weighted by atomic mass is 9.84. The molecular formula is C21H16BrN3O3. The summed E-state index contributed by atoms with van der Waals surface area (Å²) >= 11 is 3.36. The van der Waals surface area contributed by atoms with E-state index in [1.165, 1.54) is 4.90 Å². The summed E-state index contributed by atoms with van der Waals surface area (Å²) in [6.45, 7) is 0. The lowest BCUT2D eigenvalue weighted by molar-refractivity contribution is -0.129. The van der Waals surface area contributed by atoms with Gasteiger partial charge in [-0.3, -0.25) is 14.4 Å². The second kappa shape index (κ2) is 6.04. The molecule has 0 saturated carbocycles. The Morgan fingerprint density at radius 1 is 0.964 bits per heavy atom. The number of anilines is 1. The molecule has 0 aliphatic carbocycles. The van der Waals surface area contributed by atoms with Gasteiger partial charge in [-0.25, -0.2) is 4.90 Å². The van der Waals surface area contributed by atoms with Crippen molar-refractivity contribution in [1.29, 1.82) is 0 Å². The van der Waals surface area contributed by atoms with Gasteiger partial charge in [-0.05, 0) is 41.5 Å². The van der Waals surface area contributed by atoms with Crippen LogP contribution >= 0.6 is 15.9 Å². The summed E-state index contributed by atoms with van der Waals surface area (Å²) in [7, 11) is 0. The summed E-state index contributed by atoms with van der Waals surface area (Å²) in [5, 5.41) is 0. The first-order valence-corrected chi connectivity index (χ1v) is 9.75. The Hall–Kier alpha value is -2.93. The van der Waals surface area contributed by atoms with E-state index in [0.717, 1.165) is 15.6 Å². The first-order valence-electron chi connectivity index (χ1n) is 8.96. The number of carbonyl (C=O) groups is 3. The predicted octanol–water partition coefficient (Wildman–Crippen LogP) is 2.45. The van der Waals surface area contributed by atoms with Gasteiger partial charge in [0.15, 0.2) is 0 Å². The number of imide groups is 1. The molecule has 0 bridgehead atoms. The molecule has 0 unspecified atom stereocenters. The van der Waals surface area contributed by atoms with Crippen LogP contribution in [0.1, 0.15) is 17.2 Å². The van der Waals surface area contributed by atoms with Crippen LogP contribution in [0.25, 0.3) is 6.08 Å². The number of primary amides is 1. The SMILES string of the molecule is NC(=O)[C@@H]1[C@@H]2C(=O)N(c3ccc(Br)cc3)C(=O)[C@@H]2[C@H]2c3ccccc3C=CN12. The predicted molar refractivity (Wildman–Crippen MR) is 107 cm³/mol. The minimum Gasteiger partial charge on any atom is -0.368 e. The molecule has 4 atom stereocenters. The minimum absolute atomic E-state index is 0.291. The molecule has 3 heterocycles. The Morgan fingerprint density at radius 3 is 2.36 bits per heavy atom. The zero-order valence-corrected chi connectivity index (χ0v) is 16.2. The Labute approximate surface area is 169 Å². The van der Waals surface area contributed by atoms with Crippen molar-refractivity contribution in [3.05, 3.63) is 70.3 Å². The van der Waals surface area contributed by atoms with Crippen LogP contribution in [0.15, 0.2) is 59.2 Å². The second-order valence-corrected chi connectivity index (χ2v) is 8.14. The average Bonchev–Trinajstić information content (AvgIpc) is 3.16. The highest BCUT2D eigenvalue weighted by molar-refractivity contribution is 9.10. The van der Waals surface area contributed by atoms with Crippen LogP contribution in [-0.2, 0) is 14.4 Å². The third-order valence-electron chi connectivity index (χ3n) is 5.84. The number of hydrogen-bond acceptors (Lipinski definition) is 4. The van der Waals surface area contributed by atoms with Gasteiger partial charge in [-0.2, -0.15) is 0 Å². The second-order valence-electron chi connectivity index (χ2n) is 7.22. The van der Waals surface area contributed by atoms with Crippen molar-refractivity contribution in [1.82, 2.24) is 4.90 Å². The van der Waals surface area contributed by atoms with E-state index in [2.05, 4.69) is 15.9 Å². The highest BCUT2D eigenvalue weighted by Gasteiger charge is 2.64. The molecule has 6 nitrogen and oxygen atoms in total. The normalized spacial score (nSPS) is 27.6. The molecule has 2 aromatic rings. The maximum absolute atomic E-state index is 13.4. The Kier molecular flexibility index (Phi) is 3.71. The number of hydrogen-bond donors (Lipinski definition) is 1. The highest BCUT2D eigenvalue weighted by atomic mass is 79.9. The summed E-state index contributed by atoms with van der Waals surface area (Å²) in [6, 6.07) is 13.5. The number of benzene rings is 2. The fraction of sp³-hybridized carbons (Fsp3) is 0.190. The largest absolute Gasteiger partial charge is 0.368 e. The maximum Gasteiger partial charge on any atom is 0.240 e. The van der Waals surface area contributed by atoms with Crippen LogP contribution in [0.2, 0.25) is 0 Å². The number of halogens is 1. The van der Waals surface area contributed by atoms with Crippen molar-refractivity contribution in [2.24, 2.45) is 17.6 Å². The number of nitrogens with two attached hydrogens (primary N) is 1. The summed E-state index contributed by atoms with van der Waals surface area (Å²) < 4.78 is 0.850. The van der Waals surface area contributed by atoms with Crippen LogP contribution in [0.4, 0.5) is 5.69 Å².